The molecule has 0 saturated heterocycles. The zero-order valence-corrected chi connectivity index (χ0v) is 14.5. The molecule has 6 heteroatoms. The fourth-order valence-electron chi connectivity index (χ4n) is 2.78. The van der Waals surface area contributed by atoms with Crippen molar-refractivity contribution in [2.45, 2.75) is 32.7 Å². The van der Waals surface area contributed by atoms with Gasteiger partial charge in [0.15, 0.2) is 0 Å². The number of aromatic nitrogens is 2. The highest BCUT2D eigenvalue weighted by atomic mass is 16.3. The quantitative estimate of drug-likeness (QED) is 0.679. The van der Waals surface area contributed by atoms with E-state index < -0.39 is 6.04 Å². The van der Waals surface area contributed by atoms with Crippen LogP contribution in [0.25, 0.3) is 0 Å². The van der Waals surface area contributed by atoms with Crippen molar-refractivity contribution in [3.63, 3.8) is 0 Å². The summed E-state index contributed by atoms with van der Waals surface area (Å²) in [7, 11) is 1.94. The zero-order chi connectivity index (χ0) is 17.5. The van der Waals surface area contributed by atoms with Crippen LogP contribution in [0, 0.1) is 13.8 Å². The van der Waals surface area contributed by atoms with Gasteiger partial charge in [-0.25, -0.2) is 4.79 Å². The number of carbonyl (C=O) groups is 1. The van der Waals surface area contributed by atoms with Gasteiger partial charge in [0.25, 0.3) is 0 Å². The maximum Gasteiger partial charge on any atom is 0.315 e. The monoisotopic (exact) mass is 330 g/mol. The van der Waals surface area contributed by atoms with Gasteiger partial charge in [0.1, 0.15) is 0 Å². The van der Waals surface area contributed by atoms with Crippen LogP contribution in [0.15, 0.2) is 30.3 Å². The molecule has 0 bridgehead atoms. The molecule has 0 aliphatic heterocycles. The number of amides is 2. The van der Waals surface area contributed by atoms with Crippen LogP contribution in [0.4, 0.5) is 4.79 Å². The Labute approximate surface area is 142 Å². The second-order valence-corrected chi connectivity index (χ2v) is 5.92. The van der Waals surface area contributed by atoms with E-state index >= 15 is 0 Å². The summed E-state index contributed by atoms with van der Waals surface area (Å²) < 4.78 is 1.89. The van der Waals surface area contributed by atoms with Crippen LogP contribution < -0.4 is 10.6 Å². The SMILES string of the molecule is Cc1nn(C)c(C)c1CCCNC(=O)NC(CO)c1ccccc1. The van der Waals surface area contributed by atoms with Crippen molar-refractivity contribution in [3.8, 4) is 0 Å². The van der Waals surface area contributed by atoms with Crippen molar-refractivity contribution in [1.82, 2.24) is 20.4 Å². The highest BCUT2D eigenvalue weighted by molar-refractivity contribution is 5.74. The van der Waals surface area contributed by atoms with E-state index in [-0.39, 0.29) is 12.6 Å². The minimum atomic E-state index is -0.394. The number of urea groups is 1. The van der Waals surface area contributed by atoms with Gasteiger partial charge in [0.2, 0.25) is 0 Å². The predicted octanol–water partition coefficient (Wildman–Crippen LogP) is 2.00. The molecule has 24 heavy (non-hydrogen) atoms. The fourth-order valence-corrected chi connectivity index (χ4v) is 2.78. The second-order valence-electron chi connectivity index (χ2n) is 5.92. The average Bonchev–Trinajstić information content (AvgIpc) is 2.83. The number of nitrogens with zero attached hydrogens (tertiary/aromatic N) is 2. The summed E-state index contributed by atoms with van der Waals surface area (Å²) in [5, 5.41) is 19.5. The second kappa shape index (κ2) is 8.49. The molecule has 0 fully saturated rings. The lowest BCUT2D eigenvalue weighted by Gasteiger charge is -2.17. The third-order valence-electron chi connectivity index (χ3n) is 4.24. The lowest BCUT2D eigenvalue weighted by molar-refractivity contribution is 0.217. The first-order valence-electron chi connectivity index (χ1n) is 8.22. The third-order valence-corrected chi connectivity index (χ3v) is 4.24. The number of hydrogen-bond donors (Lipinski definition) is 3. The Hall–Kier alpha value is -2.34. The molecule has 2 amide bonds. The van der Waals surface area contributed by atoms with Gasteiger partial charge in [0.05, 0.1) is 18.3 Å². The molecule has 130 valence electrons. The molecule has 1 heterocycles. The molecule has 1 aromatic carbocycles. The van der Waals surface area contributed by atoms with Crippen molar-refractivity contribution >= 4 is 6.03 Å². The van der Waals surface area contributed by atoms with Crippen molar-refractivity contribution in [3.05, 3.63) is 52.8 Å². The lowest BCUT2D eigenvalue weighted by Crippen LogP contribution is -2.39. The van der Waals surface area contributed by atoms with Crippen molar-refractivity contribution in [2.75, 3.05) is 13.2 Å². The normalized spacial score (nSPS) is 12.0. The predicted molar refractivity (Wildman–Crippen MR) is 93.8 cm³/mol. The Bertz CT molecular complexity index is 667. The summed E-state index contributed by atoms with van der Waals surface area (Å²) in [6.07, 6.45) is 1.73. The molecular weight excluding hydrogens is 304 g/mol. The number of aryl methyl sites for hydroxylation is 2. The Balaban J connectivity index is 1.77. The molecule has 3 N–H and O–H groups in total. The van der Waals surface area contributed by atoms with Crippen molar-refractivity contribution in [2.24, 2.45) is 7.05 Å². The standard InChI is InChI=1S/C18H26N4O2/c1-13-16(14(2)22(3)21-13)10-7-11-19-18(24)20-17(12-23)15-8-5-4-6-9-15/h4-6,8-9,17,23H,7,10-12H2,1-3H3,(H2,19,20,24). The van der Waals surface area contributed by atoms with Gasteiger partial charge in [-0.1, -0.05) is 30.3 Å². The van der Waals surface area contributed by atoms with E-state index in [1.54, 1.807) is 0 Å². The number of rotatable bonds is 7. The molecule has 0 spiro atoms. The smallest absolute Gasteiger partial charge is 0.315 e. The average molecular weight is 330 g/mol. The van der Waals surface area contributed by atoms with E-state index in [1.807, 2.05) is 49.0 Å². The Kier molecular flexibility index (Phi) is 6.37. The molecule has 2 rings (SSSR count). The molecule has 0 saturated carbocycles. The van der Waals surface area contributed by atoms with Gasteiger partial charge in [-0.3, -0.25) is 4.68 Å². The van der Waals surface area contributed by atoms with Crippen LogP contribution in [-0.4, -0.2) is 34.1 Å². The summed E-state index contributed by atoms with van der Waals surface area (Å²) in [6, 6.07) is 8.78. The van der Waals surface area contributed by atoms with Crippen LogP contribution in [0.1, 0.15) is 35.0 Å². The molecule has 1 unspecified atom stereocenters. The van der Waals surface area contributed by atoms with Gasteiger partial charge < -0.3 is 15.7 Å². The first kappa shape index (κ1) is 18.0. The first-order valence-corrected chi connectivity index (χ1v) is 8.22. The summed E-state index contributed by atoms with van der Waals surface area (Å²) in [4.78, 5) is 12.0. The van der Waals surface area contributed by atoms with Gasteiger partial charge in [0, 0.05) is 19.3 Å². The van der Waals surface area contributed by atoms with E-state index in [0.29, 0.717) is 6.54 Å². The fraction of sp³-hybridized carbons (Fsp3) is 0.444. The Morgan fingerprint density at radius 2 is 2.00 bits per heavy atom. The van der Waals surface area contributed by atoms with Crippen LogP contribution >= 0.6 is 0 Å². The van der Waals surface area contributed by atoms with E-state index in [1.165, 1.54) is 11.3 Å². The van der Waals surface area contributed by atoms with Crippen molar-refractivity contribution in [1.29, 1.82) is 0 Å². The number of aliphatic hydroxyl groups is 1. The first-order chi connectivity index (χ1) is 11.5. The molecule has 1 atom stereocenters. The van der Waals surface area contributed by atoms with Crippen molar-refractivity contribution < 1.29 is 9.90 Å². The Morgan fingerprint density at radius 1 is 1.29 bits per heavy atom. The van der Waals surface area contributed by atoms with Crippen LogP contribution in [0.5, 0.6) is 0 Å². The number of nitrogens with one attached hydrogen (secondary N) is 2. The van der Waals surface area contributed by atoms with E-state index in [0.717, 1.165) is 24.1 Å². The molecule has 2 aromatic rings. The molecule has 6 nitrogen and oxygen atoms in total. The number of aliphatic hydroxyl groups excluding tert-OH is 1. The largest absolute Gasteiger partial charge is 0.394 e. The molecular formula is C18H26N4O2. The number of hydrogen-bond acceptors (Lipinski definition) is 3. The maximum absolute atomic E-state index is 12.0. The van der Waals surface area contributed by atoms with Crippen LogP contribution in [0.2, 0.25) is 0 Å². The van der Waals surface area contributed by atoms with E-state index in [2.05, 4.69) is 22.7 Å². The topological polar surface area (TPSA) is 79.2 Å². The van der Waals surface area contributed by atoms with Gasteiger partial charge in [-0.05, 0) is 37.8 Å². The number of carbonyl (C=O) groups excluding carboxylic acids is 1. The lowest BCUT2D eigenvalue weighted by atomic mass is 10.1. The summed E-state index contributed by atoms with van der Waals surface area (Å²) in [6.45, 7) is 4.51. The third kappa shape index (κ3) is 4.58. The van der Waals surface area contributed by atoms with Gasteiger partial charge in [-0.15, -0.1) is 0 Å². The van der Waals surface area contributed by atoms with E-state index in [4.69, 9.17) is 0 Å². The molecule has 0 aliphatic rings. The Morgan fingerprint density at radius 3 is 2.58 bits per heavy atom. The minimum absolute atomic E-state index is 0.133. The minimum Gasteiger partial charge on any atom is -0.394 e. The molecule has 0 aliphatic carbocycles. The summed E-state index contributed by atoms with van der Waals surface area (Å²) in [5.41, 5.74) is 4.35. The molecule has 1 aromatic heterocycles. The van der Waals surface area contributed by atoms with Crippen LogP contribution in [-0.2, 0) is 13.5 Å². The highest BCUT2D eigenvalue weighted by Crippen LogP contribution is 2.14. The highest BCUT2D eigenvalue weighted by Gasteiger charge is 2.13. The molecule has 0 radical (unpaired) electrons. The van der Waals surface area contributed by atoms with Gasteiger partial charge >= 0.3 is 6.03 Å². The van der Waals surface area contributed by atoms with Crippen LogP contribution in [0.3, 0.4) is 0 Å². The zero-order valence-electron chi connectivity index (χ0n) is 14.5. The number of benzene rings is 1. The van der Waals surface area contributed by atoms with Gasteiger partial charge in [-0.2, -0.15) is 5.10 Å². The summed E-state index contributed by atoms with van der Waals surface area (Å²) >= 11 is 0. The summed E-state index contributed by atoms with van der Waals surface area (Å²) in [5.74, 6) is 0. The maximum atomic E-state index is 12.0. The van der Waals surface area contributed by atoms with E-state index in [9.17, 15) is 9.90 Å².